The lowest BCUT2D eigenvalue weighted by Gasteiger charge is -2.39. The first-order valence-corrected chi connectivity index (χ1v) is 12.9. The number of aliphatic hydroxyl groups is 1. The van der Waals surface area contributed by atoms with Crippen LogP contribution in [0.15, 0.2) is 30.3 Å². The Morgan fingerprint density at radius 1 is 1.21 bits per heavy atom. The first-order valence-electron chi connectivity index (χ1n) is 12.0. The maximum atomic E-state index is 14.0. The molecular formula is C25H35N3O4S. The van der Waals surface area contributed by atoms with Crippen molar-refractivity contribution in [2.24, 2.45) is 17.8 Å². The van der Waals surface area contributed by atoms with E-state index in [1.54, 1.807) is 16.7 Å². The van der Waals surface area contributed by atoms with Crippen molar-refractivity contribution >= 4 is 35.2 Å². The number of amides is 3. The van der Waals surface area contributed by atoms with Gasteiger partial charge in [-0.1, -0.05) is 38.5 Å². The zero-order chi connectivity index (χ0) is 23.9. The molecular weight excluding hydrogens is 438 g/mol. The molecule has 3 heterocycles. The van der Waals surface area contributed by atoms with Crippen LogP contribution in [-0.2, 0) is 14.4 Å². The summed E-state index contributed by atoms with van der Waals surface area (Å²) in [5.41, 5.74) is 0.702. The third-order valence-electron chi connectivity index (χ3n) is 7.61. The van der Waals surface area contributed by atoms with Gasteiger partial charge < -0.3 is 20.6 Å². The van der Waals surface area contributed by atoms with E-state index in [9.17, 15) is 19.5 Å². The predicted molar refractivity (Wildman–Crippen MR) is 130 cm³/mol. The van der Waals surface area contributed by atoms with Crippen LogP contribution in [0.4, 0.5) is 5.69 Å². The Bertz CT molecular complexity index is 910. The lowest BCUT2D eigenvalue weighted by molar-refractivity contribution is -0.143. The Balaban J connectivity index is 1.72. The Labute approximate surface area is 200 Å². The van der Waals surface area contributed by atoms with Crippen molar-refractivity contribution in [3.05, 3.63) is 30.3 Å². The van der Waals surface area contributed by atoms with Crippen molar-refractivity contribution in [1.29, 1.82) is 0 Å². The molecule has 2 unspecified atom stereocenters. The minimum absolute atomic E-state index is 0.00957. The van der Waals surface area contributed by atoms with Crippen molar-refractivity contribution in [3.63, 3.8) is 0 Å². The summed E-state index contributed by atoms with van der Waals surface area (Å²) in [5.74, 6) is -1.53. The summed E-state index contributed by atoms with van der Waals surface area (Å²) in [4.78, 5) is 42.6. The van der Waals surface area contributed by atoms with Gasteiger partial charge >= 0.3 is 0 Å². The number of aliphatic hydroxyl groups excluding tert-OH is 1. The molecule has 33 heavy (non-hydrogen) atoms. The fourth-order valence-electron chi connectivity index (χ4n) is 5.97. The molecule has 1 aromatic carbocycles. The van der Waals surface area contributed by atoms with E-state index >= 15 is 0 Å². The second-order valence-electron chi connectivity index (χ2n) is 9.96. The molecule has 3 saturated heterocycles. The minimum Gasteiger partial charge on any atom is -0.394 e. The van der Waals surface area contributed by atoms with Crippen LogP contribution in [0.3, 0.4) is 0 Å². The van der Waals surface area contributed by atoms with E-state index in [4.69, 9.17) is 0 Å². The highest BCUT2D eigenvalue weighted by molar-refractivity contribution is 8.02. The number of anilines is 1. The number of rotatable bonds is 8. The number of para-hydroxylation sites is 1. The number of nitrogens with zero attached hydrogens (tertiary/aromatic N) is 1. The lowest BCUT2D eigenvalue weighted by atomic mass is 9.70. The largest absolute Gasteiger partial charge is 0.394 e. The normalized spacial score (nSPS) is 32.1. The van der Waals surface area contributed by atoms with Gasteiger partial charge in [0.2, 0.25) is 17.7 Å². The second kappa shape index (κ2) is 9.29. The highest BCUT2D eigenvalue weighted by Crippen LogP contribution is 2.66. The molecule has 3 amide bonds. The number of benzene rings is 1. The number of carbonyl (C=O) groups excluding carboxylic acids is 3. The van der Waals surface area contributed by atoms with Crippen molar-refractivity contribution in [1.82, 2.24) is 10.2 Å². The average Bonchev–Trinajstić information content (AvgIpc) is 3.42. The van der Waals surface area contributed by atoms with Crippen molar-refractivity contribution in [2.75, 3.05) is 11.9 Å². The SMILES string of the molecule is CC[C@H](C)[C@H](CO)N1C(=O)[C@@H]2[C@@H](C(=O)Nc3ccccc3)[C@H]3CCC2(S3)C1C(=O)NC(C)C. The Morgan fingerprint density at radius 3 is 2.52 bits per heavy atom. The third-order valence-corrected chi connectivity index (χ3v) is 9.56. The molecule has 1 spiro atoms. The van der Waals surface area contributed by atoms with Crippen LogP contribution in [0.2, 0.25) is 0 Å². The molecule has 8 heteroatoms. The van der Waals surface area contributed by atoms with Crippen LogP contribution in [0, 0.1) is 17.8 Å². The molecule has 0 aliphatic carbocycles. The van der Waals surface area contributed by atoms with Gasteiger partial charge in [0.25, 0.3) is 0 Å². The van der Waals surface area contributed by atoms with Crippen LogP contribution in [-0.4, -0.2) is 62.5 Å². The summed E-state index contributed by atoms with van der Waals surface area (Å²) in [7, 11) is 0. The topological polar surface area (TPSA) is 98.7 Å². The standard InChI is InChI=1S/C25H35N3O4S/c1-5-15(4)17(13-29)28-21(23(31)26-14(2)3)25-12-11-18(33-25)19(20(25)24(28)32)22(30)27-16-9-7-6-8-10-16/h6-10,14-15,17-21,29H,5,11-13H2,1-4H3,(H,26,31)(H,27,30)/t15-,17-,18+,19-,20-,21?,25?/m0/s1. The van der Waals surface area contributed by atoms with Gasteiger partial charge in [-0.15, -0.1) is 11.8 Å². The zero-order valence-corrected chi connectivity index (χ0v) is 20.6. The van der Waals surface area contributed by atoms with E-state index in [2.05, 4.69) is 10.6 Å². The van der Waals surface area contributed by atoms with Gasteiger partial charge in [-0.2, -0.15) is 0 Å². The molecule has 4 rings (SSSR count). The van der Waals surface area contributed by atoms with Gasteiger partial charge in [0.1, 0.15) is 6.04 Å². The Kier molecular flexibility index (Phi) is 6.78. The fraction of sp³-hybridized carbons (Fsp3) is 0.640. The molecule has 1 aromatic rings. The van der Waals surface area contributed by atoms with Crippen LogP contribution >= 0.6 is 11.8 Å². The van der Waals surface area contributed by atoms with Crippen LogP contribution in [0.1, 0.15) is 47.0 Å². The highest BCUT2D eigenvalue weighted by Gasteiger charge is 2.74. The van der Waals surface area contributed by atoms with E-state index in [-0.39, 0.29) is 41.5 Å². The van der Waals surface area contributed by atoms with Gasteiger partial charge in [-0.25, -0.2) is 0 Å². The van der Waals surface area contributed by atoms with Crippen LogP contribution in [0.25, 0.3) is 0 Å². The number of thioether (sulfide) groups is 1. The number of likely N-dealkylation sites (tertiary alicyclic amines) is 1. The summed E-state index contributed by atoms with van der Waals surface area (Å²) in [6, 6.07) is 8.07. The van der Waals surface area contributed by atoms with Crippen molar-refractivity contribution < 1.29 is 19.5 Å². The second-order valence-corrected chi connectivity index (χ2v) is 11.6. The third kappa shape index (κ3) is 3.95. The number of hydrogen-bond acceptors (Lipinski definition) is 5. The van der Waals surface area contributed by atoms with Gasteiger partial charge in [0.05, 0.1) is 29.2 Å². The number of fused-ring (bicyclic) bond motifs is 1. The van der Waals surface area contributed by atoms with Gasteiger partial charge in [0.15, 0.2) is 0 Å². The summed E-state index contributed by atoms with van der Waals surface area (Å²) >= 11 is 1.65. The van der Waals surface area contributed by atoms with E-state index in [1.165, 1.54) is 0 Å². The average molecular weight is 474 g/mol. The maximum absolute atomic E-state index is 14.0. The monoisotopic (exact) mass is 473 g/mol. The minimum atomic E-state index is -0.687. The summed E-state index contributed by atoms with van der Waals surface area (Å²) in [6.45, 7) is 7.63. The first kappa shape index (κ1) is 24.1. The number of carbonyl (C=O) groups is 3. The van der Waals surface area contributed by atoms with Crippen molar-refractivity contribution in [3.8, 4) is 0 Å². The molecule has 2 bridgehead atoms. The number of hydrogen-bond donors (Lipinski definition) is 3. The smallest absolute Gasteiger partial charge is 0.244 e. The quantitative estimate of drug-likeness (QED) is 0.539. The first-order chi connectivity index (χ1) is 15.7. The summed E-state index contributed by atoms with van der Waals surface area (Å²) < 4.78 is -0.639. The molecule has 0 saturated carbocycles. The molecule has 7 atom stereocenters. The van der Waals surface area contributed by atoms with Gasteiger partial charge in [0, 0.05) is 17.0 Å². The summed E-state index contributed by atoms with van der Waals surface area (Å²) in [6.07, 6.45) is 2.30. The molecule has 7 nitrogen and oxygen atoms in total. The van der Waals surface area contributed by atoms with E-state index < -0.39 is 28.7 Å². The molecule has 0 aromatic heterocycles. The maximum Gasteiger partial charge on any atom is 0.244 e. The molecule has 180 valence electrons. The molecule has 3 aliphatic rings. The Hall–Kier alpha value is -2.06. The van der Waals surface area contributed by atoms with Crippen LogP contribution in [0.5, 0.6) is 0 Å². The predicted octanol–water partition coefficient (Wildman–Crippen LogP) is 2.65. The summed E-state index contributed by atoms with van der Waals surface area (Å²) in [5, 5.41) is 16.3. The van der Waals surface area contributed by atoms with E-state index in [1.807, 2.05) is 58.0 Å². The zero-order valence-electron chi connectivity index (χ0n) is 19.8. The van der Waals surface area contributed by atoms with Crippen molar-refractivity contribution in [2.45, 2.75) is 75.1 Å². The van der Waals surface area contributed by atoms with Crippen LogP contribution < -0.4 is 10.6 Å². The van der Waals surface area contributed by atoms with Gasteiger partial charge in [-0.3, -0.25) is 14.4 Å². The highest BCUT2D eigenvalue weighted by atomic mass is 32.2. The Morgan fingerprint density at radius 2 is 1.91 bits per heavy atom. The molecule has 3 N–H and O–H groups in total. The van der Waals surface area contributed by atoms with E-state index in [0.717, 1.165) is 19.3 Å². The lowest BCUT2D eigenvalue weighted by Crippen LogP contribution is -2.58. The molecule has 0 radical (unpaired) electrons. The molecule has 3 aliphatic heterocycles. The number of nitrogens with one attached hydrogen (secondary N) is 2. The van der Waals surface area contributed by atoms with E-state index in [0.29, 0.717) is 5.69 Å². The molecule has 3 fully saturated rings. The van der Waals surface area contributed by atoms with Gasteiger partial charge in [-0.05, 0) is 44.7 Å². The fourth-order valence-corrected chi connectivity index (χ4v) is 8.18.